The van der Waals surface area contributed by atoms with E-state index in [0.717, 1.165) is 21.3 Å². The normalized spacial score (nSPS) is 10.6. The van der Waals surface area contributed by atoms with Crippen LogP contribution in [0.25, 0.3) is 0 Å². The van der Waals surface area contributed by atoms with Crippen LogP contribution in [0.15, 0.2) is 58.1 Å². The highest BCUT2D eigenvalue weighted by atomic mass is 79.9. The Hall–Kier alpha value is -2.14. The maximum atomic E-state index is 10.7. The molecule has 0 atom stereocenters. The fraction of sp³-hybridized carbons (Fsp3) is 0.125. The SMILES string of the molecule is CC(=O)N/N=C\c1ccc(OCc2ccc(Br)cc2)cc1. The average Bonchev–Trinajstić information content (AvgIpc) is 2.48. The number of ether oxygens (including phenoxy) is 1. The molecule has 0 heterocycles. The molecule has 0 saturated carbocycles. The third-order valence-electron chi connectivity index (χ3n) is 2.63. The van der Waals surface area contributed by atoms with E-state index in [-0.39, 0.29) is 5.91 Å². The first-order valence-corrected chi connectivity index (χ1v) is 7.20. The minimum absolute atomic E-state index is 0.194. The van der Waals surface area contributed by atoms with E-state index in [9.17, 15) is 4.79 Å². The lowest BCUT2D eigenvalue weighted by Crippen LogP contribution is -2.12. The van der Waals surface area contributed by atoms with Crippen molar-refractivity contribution >= 4 is 28.1 Å². The number of nitrogens with zero attached hydrogens (tertiary/aromatic N) is 1. The second-order valence-electron chi connectivity index (χ2n) is 4.41. The van der Waals surface area contributed by atoms with Crippen LogP contribution in [0, 0.1) is 0 Å². The summed E-state index contributed by atoms with van der Waals surface area (Å²) in [6.07, 6.45) is 1.58. The Morgan fingerprint density at radius 2 is 1.86 bits per heavy atom. The van der Waals surface area contributed by atoms with Crippen molar-refractivity contribution in [1.29, 1.82) is 0 Å². The molecule has 0 aliphatic carbocycles. The quantitative estimate of drug-likeness (QED) is 0.665. The molecule has 0 unspecified atom stereocenters. The summed E-state index contributed by atoms with van der Waals surface area (Å²) in [6, 6.07) is 15.5. The Labute approximate surface area is 132 Å². The molecule has 0 spiro atoms. The van der Waals surface area contributed by atoms with E-state index in [1.807, 2.05) is 48.5 Å². The Balaban J connectivity index is 1.88. The zero-order valence-corrected chi connectivity index (χ0v) is 13.1. The van der Waals surface area contributed by atoms with Crippen LogP contribution in [-0.2, 0) is 11.4 Å². The predicted molar refractivity (Wildman–Crippen MR) is 86.3 cm³/mol. The fourth-order valence-electron chi connectivity index (χ4n) is 1.60. The van der Waals surface area contributed by atoms with Gasteiger partial charge in [-0.05, 0) is 47.5 Å². The van der Waals surface area contributed by atoms with Crippen molar-refractivity contribution in [2.24, 2.45) is 5.10 Å². The van der Waals surface area contributed by atoms with Crippen molar-refractivity contribution < 1.29 is 9.53 Å². The van der Waals surface area contributed by atoms with Gasteiger partial charge in [-0.2, -0.15) is 5.10 Å². The maximum absolute atomic E-state index is 10.7. The van der Waals surface area contributed by atoms with Gasteiger partial charge in [-0.3, -0.25) is 4.79 Å². The largest absolute Gasteiger partial charge is 0.489 e. The molecule has 21 heavy (non-hydrogen) atoms. The molecule has 5 heteroatoms. The summed E-state index contributed by atoms with van der Waals surface area (Å²) in [5.41, 5.74) is 4.35. The van der Waals surface area contributed by atoms with Gasteiger partial charge in [0.25, 0.3) is 0 Å². The van der Waals surface area contributed by atoms with Crippen molar-refractivity contribution in [3.05, 3.63) is 64.1 Å². The van der Waals surface area contributed by atoms with Crippen LogP contribution in [0.2, 0.25) is 0 Å². The molecule has 2 rings (SSSR count). The van der Waals surface area contributed by atoms with Gasteiger partial charge < -0.3 is 4.74 Å². The number of hydrogen-bond donors (Lipinski definition) is 1. The van der Waals surface area contributed by atoms with Gasteiger partial charge in [0.1, 0.15) is 12.4 Å². The standard InChI is InChI=1S/C16H15BrN2O2/c1-12(20)19-18-10-13-4-8-16(9-5-13)21-11-14-2-6-15(17)7-3-14/h2-10H,11H2,1H3,(H,19,20)/b18-10-. The molecular formula is C16H15BrN2O2. The summed E-state index contributed by atoms with van der Waals surface area (Å²) in [6.45, 7) is 1.93. The second kappa shape index (κ2) is 7.59. The fourth-order valence-corrected chi connectivity index (χ4v) is 1.86. The molecular weight excluding hydrogens is 332 g/mol. The van der Waals surface area contributed by atoms with Crippen molar-refractivity contribution in [3.63, 3.8) is 0 Å². The first-order valence-electron chi connectivity index (χ1n) is 6.40. The van der Waals surface area contributed by atoms with Crippen LogP contribution in [0.4, 0.5) is 0 Å². The second-order valence-corrected chi connectivity index (χ2v) is 5.33. The molecule has 0 saturated heterocycles. The van der Waals surface area contributed by atoms with Crippen LogP contribution >= 0.6 is 15.9 Å². The van der Waals surface area contributed by atoms with E-state index in [0.29, 0.717) is 6.61 Å². The first-order chi connectivity index (χ1) is 10.1. The van der Waals surface area contributed by atoms with Gasteiger partial charge in [-0.25, -0.2) is 5.43 Å². The highest BCUT2D eigenvalue weighted by Gasteiger charge is 1.97. The maximum Gasteiger partial charge on any atom is 0.236 e. The van der Waals surface area contributed by atoms with E-state index >= 15 is 0 Å². The van der Waals surface area contributed by atoms with E-state index in [4.69, 9.17) is 4.74 Å². The lowest BCUT2D eigenvalue weighted by atomic mass is 10.2. The number of carbonyl (C=O) groups excluding carboxylic acids is 1. The first kappa shape index (κ1) is 15.3. The molecule has 2 aromatic rings. The topological polar surface area (TPSA) is 50.7 Å². The predicted octanol–water partition coefficient (Wildman–Crippen LogP) is 3.50. The molecule has 1 amide bonds. The van der Waals surface area contributed by atoms with Crippen molar-refractivity contribution in [2.45, 2.75) is 13.5 Å². The van der Waals surface area contributed by atoms with Gasteiger partial charge in [0, 0.05) is 11.4 Å². The molecule has 0 radical (unpaired) electrons. The monoisotopic (exact) mass is 346 g/mol. The van der Waals surface area contributed by atoms with Crippen molar-refractivity contribution in [1.82, 2.24) is 5.43 Å². The van der Waals surface area contributed by atoms with Gasteiger partial charge >= 0.3 is 0 Å². The van der Waals surface area contributed by atoms with Crippen LogP contribution in [0.3, 0.4) is 0 Å². The minimum atomic E-state index is -0.194. The van der Waals surface area contributed by atoms with Gasteiger partial charge in [-0.15, -0.1) is 0 Å². The molecule has 108 valence electrons. The molecule has 0 fully saturated rings. The van der Waals surface area contributed by atoms with E-state index in [1.54, 1.807) is 6.21 Å². The van der Waals surface area contributed by atoms with Gasteiger partial charge in [0.15, 0.2) is 0 Å². The van der Waals surface area contributed by atoms with Gasteiger partial charge in [-0.1, -0.05) is 28.1 Å². The number of nitrogens with one attached hydrogen (secondary N) is 1. The number of carbonyl (C=O) groups is 1. The summed E-state index contributed by atoms with van der Waals surface area (Å²) in [5, 5.41) is 3.80. The average molecular weight is 347 g/mol. The smallest absolute Gasteiger partial charge is 0.236 e. The van der Waals surface area contributed by atoms with E-state index < -0.39 is 0 Å². The van der Waals surface area contributed by atoms with E-state index in [1.165, 1.54) is 6.92 Å². The van der Waals surface area contributed by atoms with Crippen molar-refractivity contribution in [2.75, 3.05) is 0 Å². The Morgan fingerprint density at radius 3 is 2.48 bits per heavy atom. The number of amides is 1. The molecule has 0 bridgehead atoms. The summed E-state index contributed by atoms with van der Waals surface area (Å²) in [5.74, 6) is 0.593. The molecule has 1 N–H and O–H groups in total. The van der Waals surface area contributed by atoms with Gasteiger partial charge in [0.2, 0.25) is 5.91 Å². The van der Waals surface area contributed by atoms with Crippen LogP contribution in [0.5, 0.6) is 5.75 Å². The van der Waals surface area contributed by atoms with Gasteiger partial charge in [0.05, 0.1) is 6.21 Å². The summed E-state index contributed by atoms with van der Waals surface area (Å²) in [7, 11) is 0. The number of halogens is 1. The zero-order valence-electron chi connectivity index (χ0n) is 11.5. The third kappa shape index (κ3) is 5.39. The molecule has 0 aliphatic rings. The van der Waals surface area contributed by atoms with Crippen LogP contribution in [0.1, 0.15) is 18.1 Å². The zero-order chi connectivity index (χ0) is 15.1. The van der Waals surface area contributed by atoms with E-state index in [2.05, 4.69) is 26.5 Å². The Morgan fingerprint density at radius 1 is 1.19 bits per heavy atom. The number of hydrazone groups is 1. The molecule has 2 aromatic carbocycles. The highest BCUT2D eigenvalue weighted by molar-refractivity contribution is 9.10. The number of hydrogen-bond acceptors (Lipinski definition) is 3. The molecule has 4 nitrogen and oxygen atoms in total. The Kier molecular flexibility index (Phi) is 5.51. The molecule has 0 aliphatic heterocycles. The van der Waals surface area contributed by atoms with Crippen molar-refractivity contribution in [3.8, 4) is 5.75 Å². The minimum Gasteiger partial charge on any atom is -0.489 e. The van der Waals surface area contributed by atoms with Crippen LogP contribution < -0.4 is 10.2 Å². The lowest BCUT2D eigenvalue weighted by molar-refractivity contribution is -0.118. The highest BCUT2D eigenvalue weighted by Crippen LogP contribution is 2.15. The summed E-state index contributed by atoms with van der Waals surface area (Å²) >= 11 is 3.40. The summed E-state index contributed by atoms with van der Waals surface area (Å²) < 4.78 is 6.75. The summed E-state index contributed by atoms with van der Waals surface area (Å²) in [4.78, 5) is 10.7. The number of benzene rings is 2. The molecule has 0 aromatic heterocycles. The third-order valence-corrected chi connectivity index (χ3v) is 3.16. The lowest BCUT2D eigenvalue weighted by Gasteiger charge is -2.06. The Bertz CT molecular complexity index is 622. The van der Waals surface area contributed by atoms with Crippen LogP contribution in [-0.4, -0.2) is 12.1 Å². The number of rotatable bonds is 5.